The lowest BCUT2D eigenvalue weighted by Gasteiger charge is -2.49. The van der Waals surface area contributed by atoms with E-state index < -0.39 is 128 Å². The van der Waals surface area contributed by atoms with Gasteiger partial charge in [-0.1, -0.05) is 282 Å². The van der Waals surface area contributed by atoms with E-state index in [1.165, 1.54) is 13.8 Å². The third kappa shape index (κ3) is 26.1. The zero-order chi connectivity index (χ0) is 80.0. The van der Waals surface area contributed by atoms with Crippen molar-refractivity contribution in [2.75, 3.05) is 26.4 Å². The summed E-state index contributed by atoms with van der Waals surface area (Å²) in [6.45, 7) is 18.0. The second kappa shape index (κ2) is 45.4. The van der Waals surface area contributed by atoms with Crippen molar-refractivity contribution < 1.29 is 96.2 Å². The maximum absolute atomic E-state index is 11.7. The number of allylic oxidation sites excluding steroid dienone is 1. The van der Waals surface area contributed by atoms with Gasteiger partial charge in [-0.3, -0.25) is 0 Å². The summed E-state index contributed by atoms with van der Waals surface area (Å²) < 4.78 is 106. The van der Waals surface area contributed by atoms with Gasteiger partial charge in [-0.2, -0.15) is 0 Å². The number of aliphatic hydroxyl groups excluding tert-OH is 3. The van der Waals surface area contributed by atoms with Crippen molar-refractivity contribution in [1.29, 1.82) is 0 Å². The van der Waals surface area contributed by atoms with Gasteiger partial charge >= 0.3 is 0 Å². The van der Waals surface area contributed by atoms with E-state index in [2.05, 4.69) is 26.8 Å². The zero-order valence-corrected chi connectivity index (χ0v) is 67.0. The molecule has 20 heteroatoms. The molecular formula is C94H118O20. The summed E-state index contributed by atoms with van der Waals surface area (Å²) in [7, 11) is 0. The normalized spacial score (nSPS) is 28.0. The first-order chi connectivity index (χ1) is 55.5. The highest BCUT2D eigenvalue weighted by molar-refractivity contribution is 5.20. The van der Waals surface area contributed by atoms with Crippen LogP contribution in [0, 0.1) is 11.8 Å². The van der Waals surface area contributed by atoms with Crippen LogP contribution in [0.4, 0.5) is 0 Å². The van der Waals surface area contributed by atoms with Crippen molar-refractivity contribution in [2.45, 2.75) is 243 Å². The summed E-state index contributed by atoms with van der Waals surface area (Å²) in [6, 6.07) is 79.2. The van der Waals surface area contributed by atoms with Gasteiger partial charge in [-0.05, 0) is 85.0 Å². The minimum atomic E-state index is -1.40. The molecule has 0 aliphatic carbocycles. The quantitative estimate of drug-likeness (QED) is 0.0263. The van der Waals surface area contributed by atoms with Gasteiger partial charge in [0.15, 0.2) is 25.2 Å². The van der Waals surface area contributed by atoms with E-state index >= 15 is 0 Å². The van der Waals surface area contributed by atoms with Crippen molar-refractivity contribution >= 4 is 0 Å². The van der Waals surface area contributed by atoms with Gasteiger partial charge < -0.3 is 96.2 Å². The highest BCUT2D eigenvalue weighted by Crippen LogP contribution is 2.40. The van der Waals surface area contributed by atoms with Crippen molar-refractivity contribution in [3.8, 4) is 0 Å². The molecule has 20 nitrogen and oxygen atoms in total. The fourth-order valence-electron chi connectivity index (χ4n) is 14.3. The van der Waals surface area contributed by atoms with Gasteiger partial charge in [-0.25, -0.2) is 0 Å². The van der Waals surface area contributed by atoms with Crippen LogP contribution >= 0.6 is 0 Å². The summed E-state index contributed by atoms with van der Waals surface area (Å²) >= 11 is 0. The number of aliphatic hydroxyl groups is 4. The predicted molar refractivity (Wildman–Crippen MR) is 431 cm³/mol. The van der Waals surface area contributed by atoms with Gasteiger partial charge in [0.2, 0.25) is 0 Å². The van der Waals surface area contributed by atoms with E-state index in [-0.39, 0.29) is 45.7 Å². The van der Waals surface area contributed by atoms with E-state index in [9.17, 15) is 20.4 Å². The van der Waals surface area contributed by atoms with E-state index in [1.54, 1.807) is 0 Å². The van der Waals surface area contributed by atoms with Crippen LogP contribution in [-0.4, -0.2) is 169 Å². The Balaban J connectivity index is 0.000000225. The average molecular weight is 1570 g/mol. The molecule has 0 spiro atoms. The first-order valence-corrected chi connectivity index (χ1v) is 40.2. The van der Waals surface area contributed by atoms with Gasteiger partial charge in [0, 0.05) is 11.8 Å². The Kier molecular flexibility index (Phi) is 34.9. The first kappa shape index (κ1) is 87.5. The molecule has 0 saturated carbocycles. The molecule has 0 bridgehead atoms. The van der Waals surface area contributed by atoms with Crippen molar-refractivity contribution in [3.63, 3.8) is 0 Å². The third-order valence-electron chi connectivity index (χ3n) is 21.0. The maximum Gasteiger partial charge on any atom is 0.189 e. The smallest absolute Gasteiger partial charge is 0.189 e. The molecule has 114 heavy (non-hydrogen) atoms. The fraction of sp³-hybridized carbons (Fsp3) is 0.468. The Morgan fingerprint density at radius 1 is 0.351 bits per heavy atom. The zero-order valence-electron chi connectivity index (χ0n) is 67.0. The van der Waals surface area contributed by atoms with Crippen LogP contribution in [0.15, 0.2) is 254 Å². The standard InChI is InChI=1S/C47H60O11.C47H58O9/c1-5-37-42(55-31-39(48)47(3,4)50)43(53-28-35-22-14-8-15-23-35)44(54-29-36-24-16-9-17-25-36)46(56-37)58-45-32(2)41(52-27-34-20-12-7-13-21-34)40(49)38(57-45)30-51-26-33-18-10-6-11-19-33;1-5-39-43(50-27-26-33(2)3)44(52-30-37-22-14-8-15-23-37)45(53-31-38-24-16-9-17-25-38)47(54-39)56-46-34(4)42(51-29-36-20-12-7-13-21-36)41(48)40(55-46)32-49-28-35-18-10-6-11-19-35/h6-25,32,37-46,48-50H,5,26-31H2,1-4H3;6-26,34,39-48H,5,27-32H2,1-4H3/t32?,37?,38?,39-,40+,41?,42+,43-,44?,45+,46+;34?,39?,40?,41-,42?,43-,44+,45?,46-,47-/m01/s1. The molecule has 10 unspecified atom stereocenters. The Bertz CT molecular complexity index is 3940. The number of ether oxygens (including phenoxy) is 16. The molecule has 8 aromatic carbocycles. The molecular weight excluding hydrogens is 1450 g/mol. The SMILES string of the molecule is CCC1O[C@H](O[C@H]2OC(COCc3ccccc3)[C@@H](O)C(OCc3ccccc3)C2C)C(OCc2ccccc2)[C@@H](OCc2ccccc2)[C@@H]1OCC=C(C)C.CCC1O[C@H](O[C@H]2OC(COCc3ccccc3)[C@@H](O)C(OCc3ccccc3)C2C)C(OCc2ccccc2)[C@@H](OCc2ccccc2)[C@@H]1OC[C@H](O)C(C)(C)O. The van der Waals surface area contributed by atoms with E-state index in [0.717, 1.165) is 50.1 Å². The molecule has 614 valence electrons. The lowest BCUT2D eigenvalue weighted by molar-refractivity contribution is -0.381. The van der Waals surface area contributed by atoms with Gasteiger partial charge in [-0.15, -0.1) is 0 Å². The average Bonchev–Trinajstić information content (AvgIpc) is 0.777. The lowest BCUT2D eigenvalue weighted by atomic mass is 9.91. The maximum atomic E-state index is 11.7. The molecule has 4 saturated heterocycles. The molecule has 4 N–H and O–H groups in total. The summed E-state index contributed by atoms with van der Waals surface area (Å²) in [6.07, 6.45) is -11.4. The summed E-state index contributed by atoms with van der Waals surface area (Å²) in [5.41, 5.74) is 7.68. The Labute approximate surface area is 673 Å². The molecule has 4 aliphatic heterocycles. The largest absolute Gasteiger partial charge is 0.388 e. The van der Waals surface area contributed by atoms with Gasteiger partial charge in [0.1, 0.15) is 67.1 Å². The molecule has 12 rings (SSSR count). The Hall–Kier alpha value is -7.30. The topological polar surface area (TPSA) is 229 Å². The van der Waals surface area contributed by atoms with E-state index in [0.29, 0.717) is 52.5 Å². The number of benzene rings is 8. The first-order valence-electron chi connectivity index (χ1n) is 40.2. The summed E-state index contributed by atoms with van der Waals surface area (Å²) in [5, 5.41) is 44.9. The van der Waals surface area contributed by atoms with Crippen molar-refractivity contribution in [3.05, 3.63) is 299 Å². The van der Waals surface area contributed by atoms with Crippen molar-refractivity contribution in [1.82, 2.24) is 0 Å². The predicted octanol–water partition coefficient (Wildman–Crippen LogP) is 14.5. The van der Waals surface area contributed by atoms with Crippen LogP contribution < -0.4 is 0 Å². The monoisotopic (exact) mass is 1570 g/mol. The summed E-state index contributed by atoms with van der Waals surface area (Å²) in [4.78, 5) is 0. The molecule has 0 radical (unpaired) electrons. The molecule has 21 atom stereocenters. The van der Waals surface area contributed by atoms with Crippen LogP contribution in [0.1, 0.15) is 113 Å². The summed E-state index contributed by atoms with van der Waals surface area (Å²) in [5.74, 6) is -0.852. The van der Waals surface area contributed by atoms with Crippen LogP contribution in [0.25, 0.3) is 0 Å². The highest BCUT2D eigenvalue weighted by Gasteiger charge is 2.55. The molecule has 4 aliphatic rings. The third-order valence-corrected chi connectivity index (χ3v) is 21.0. The van der Waals surface area contributed by atoms with E-state index in [1.807, 2.05) is 263 Å². The van der Waals surface area contributed by atoms with Gasteiger partial charge in [0.05, 0.1) is 109 Å². The van der Waals surface area contributed by atoms with E-state index in [4.69, 9.17) is 75.8 Å². The Morgan fingerprint density at radius 3 is 0.895 bits per heavy atom. The van der Waals surface area contributed by atoms with Crippen LogP contribution in [-0.2, 0) is 129 Å². The molecule has 0 aromatic heterocycles. The van der Waals surface area contributed by atoms with Crippen LogP contribution in [0.3, 0.4) is 0 Å². The van der Waals surface area contributed by atoms with Crippen LogP contribution in [0.2, 0.25) is 0 Å². The molecule has 4 heterocycles. The van der Waals surface area contributed by atoms with Crippen molar-refractivity contribution in [2.24, 2.45) is 11.8 Å². The second-order valence-corrected chi connectivity index (χ2v) is 30.6. The minimum Gasteiger partial charge on any atom is -0.388 e. The molecule has 0 amide bonds. The Morgan fingerprint density at radius 2 is 0.614 bits per heavy atom. The molecule has 4 fully saturated rings. The molecule has 8 aromatic rings. The highest BCUT2D eigenvalue weighted by atomic mass is 16.8. The van der Waals surface area contributed by atoms with Gasteiger partial charge in [0.25, 0.3) is 0 Å². The lowest BCUT2D eigenvalue weighted by Crippen LogP contribution is -2.63. The minimum absolute atomic E-state index is 0.0904. The second-order valence-electron chi connectivity index (χ2n) is 30.6. The van der Waals surface area contributed by atoms with Crippen LogP contribution in [0.5, 0.6) is 0 Å². The number of hydrogen-bond acceptors (Lipinski definition) is 20. The number of hydrogen-bond donors (Lipinski definition) is 4. The fourth-order valence-corrected chi connectivity index (χ4v) is 14.3. The number of rotatable bonds is 39.